The van der Waals surface area contributed by atoms with Crippen LogP contribution < -0.4 is 3.53 Å². The van der Waals surface area contributed by atoms with E-state index in [1.807, 2.05) is 20.0 Å². The van der Waals surface area contributed by atoms with Crippen molar-refractivity contribution in [2.45, 2.75) is 6.92 Å². The minimum absolute atomic E-state index is 0.770. The third-order valence-corrected chi connectivity index (χ3v) is 2.69. The summed E-state index contributed by atoms with van der Waals surface area (Å²) in [4.78, 5) is 0. The molecule has 2 aromatic rings. The molecule has 0 radical (unpaired) electrons. The first-order chi connectivity index (χ1) is 7.20. The number of aryl methyl sites for hydroxylation is 2. The molecule has 2 rings (SSSR count). The van der Waals surface area contributed by atoms with E-state index in [2.05, 4.69) is 54.1 Å². The summed E-state index contributed by atoms with van der Waals surface area (Å²) < 4.78 is 4.74. The molecule has 15 heavy (non-hydrogen) atoms. The molecule has 0 bridgehead atoms. The summed E-state index contributed by atoms with van der Waals surface area (Å²) in [5.74, 6) is 0.770. The molecule has 5 nitrogen and oxygen atoms in total. The molecule has 0 aliphatic carbocycles. The van der Waals surface area contributed by atoms with Gasteiger partial charge in [0.1, 0.15) is 0 Å². The number of nitrogens with zero attached hydrogens (tertiary/aromatic N) is 4. The van der Waals surface area contributed by atoms with Crippen molar-refractivity contribution >= 4 is 28.6 Å². The minimum Gasteiger partial charge on any atom is -0.328 e. The van der Waals surface area contributed by atoms with Crippen LogP contribution >= 0.6 is 22.9 Å². The van der Waals surface area contributed by atoms with Crippen LogP contribution in [-0.2, 0) is 7.05 Å². The second-order valence-electron chi connectivity index (χ2n) is 3.31. The van der Waals surface area contributed by atoms with Gasteiger partial charge in [0.2, 0.25) is 0 Å². The van der Waals surface area contributed by atoms with Crippen LogP contribution in [-0.4, -0.2) is 20.2 Å². The van der Waals surface area contributed by atoms with Crippen LogP contribution in [0.25, 0.3) is 11.4 Å². The van der Waals surface area contributed by atoms with Crippen LogP contribution in [0.1, 0.15) is 5.56 Å². The van der Waals surface area contributed by atoms with E-state index in [-0.39, 0.29) is 0 Å². The SMILES string of the molecule is Cc1cc(NI)cc(-c2nnnn2C)c1. The van der Waals surface area contributed by atoms with Gasteiger partial charge in [0, 0.05) is 18.3 Å². The molecule has 0 aliphatic heterocycles. The first-order valence-electron chi connectivity index (χ1n) is 4.42. The van der Waals surface area contributed by atoms with Crippen molar-refractivity contribution in [1.29, 1.82) is 0 Å². The standard InChI is InChI=1S/C9H10IN5/c1-6-3-7(5-8(4-6)11-10)9-12-13-14-15(9)2/h3-5,11H,1-2H3. The van der Waals surface area contributed by atoms with Crippen molar-refractivity contribution in [3.05, 3.63) is 23.8 Å². The quantitative estimate of drug-likeness (QED) is 0.680. The lowest BCUT2D eigenvalue weighted by Gasteiger charge is -2.04. The summed E-state index contributed by atoms with van der Waals surface area (Å²) in [6, 6.07) is 6.15. The predicted octanol–water partition coefficient (Wildman–Crippen LogP) is 1.95. The summed E-state index contributed by atoms with van der Waals surface area (Å²) in [5, 5.41) is 11.4. The molecular weight excluding hydrogens is 305 g/mol. The fourth-order valence-electron chi connectivity index (χ4n) is 1.44. The van der Waals surface area contributed by atoms with Gasteiger partial charge in [-0.3, -0.25) is 0 Å². The summed E-state index contributed by atoms with van der Waals surface area (Å²) in [7, 11) is 1.83. The maximum Gasteiger partial charge on any atom is 0.181 e. The fourth-order valence-corrected chi connectivity index (χ4v) is 1.75. The number of benzene rings is 1. The number of aromatic nitrogens is 4. The normalized spacial score (nSPS) is 10.3. The Hall–Kier alpha value is -1.18. The Bertz CT molecular complexity index is 479. The molecule has 1 N–H and O–H groups in total. The van der Waals surface area contributed by atoms with Crippen molar-refractivity contribution < 1.29 is 0 Å². The third kappa shape index (κ3) is 2.09. The summed E-state index contributed by atoms with van der Waals surface area (Å²) in [6.45, 7) is 2.05. The molecule has 0 saturated heterocycles. The second-order valence-corrected chi connectivity index (χ2v) is 3.85. The van der Waals surface area contributed by atoms with Crippen LogP contribution in [0.3, 0.4) is 0 Å². The van der Waals surface area contributed by atoms with Gasteiger partial charge in [-0.25, -0.2) is 4.68 Å². The maximum absolute atomic E-state index is 3.97. The van der Waals surface area contributed by atoms with Gasteiger partial charge in [-0.05, 0) is 41.1 Å². The molecule has 0 aliphatic rings. The van der Waals surface area contributed by atoms with Crippen LogP contribution in [0.2, 0.25) is 0 Å². The van der Waals surface area contributed by atoms with Gasteiger partial charge < -0.3 is 3.53 Å². The highest BCUT2D eigenvalue weighted by Crippen LogP contribution is 2.22. The van der Waals surface area contributed by atoms with Crippen LogP contribution in [0, 0.1) is 6.92 Å². The highest BCUT2D eigenvalue weighted by molar-refractivity contribution is 14.1. The molecule has 0 unspecified atom stereocenters. The minimum atomic E-state index is 0.770. The molecule has 1 aromatic heterocycles. The highest BCUT2D eigenvalue weighted by atomic mass is 127. The van der Waals surface area contributed by atoms with E-state index in [0.29, 0.717) is 0 Å². The summed E-state index contributed by atoms with van der Waals surface area (Å²) >= 11 is 2.10. The molecule has 0 spiro atoms. The third-order valence-electron chi connectivity index (χ3n) is 2.06. The zero-order chi connectivity index (χ0) is 10.8. The summed E-state index contributed by atoms with van der Waals surface area (Å²) in [6.07, 6.45) is 0. The Morgan fingerprint density at radius 1 is 1.33 bits per heavy atom. The van der Waals surface area contributed by atoms with Crippen LogP contribution in [0.5, 0.6) is 0 Å². The number of rotatable bonds is 2. The van der Waals surface area contributed by atoms with Gasteiger partial charge in [0.05, 0.1) is 22.9 Å². The first-order valence-corrected chi connectivity index (χ1v) is 5.49. The van der Waals surface area contributed by atoms with Crippen LogP contribution in [0.15, 0.2) is 18.2 Å². The molecule has 0 amide bonds. The van der Waals surface area contributed by atoms with Gasteiger partial charge in [-0.1, -0.05) is 0 Å². The zero-order valence-corrected chi connectivity index (χ0v) is 10.6. The number of halogens is 1. The average Bonchev–Trinajstić information content (AvgIpc) is 2.63. The van der Waals surface area contributed by atoms with E-state index in [1.165, 1.54) is 5.56 Å². The molecule has 0 fully saturated rings. The molecule has 78 valence electrons. The monoisotopic (exact) mass is 315 g/mol. The molecule has 0 atom stereocenters. The lowest BCUT2D eigenvalue weighted by molar-refractivity contribution is 0.714. The molecule has 1 heterocycles. The van der Waals surface area contributed by atoms with Crippen molar-refractivity contribution in [2.24, 2.45) is 7.05 Å². The van der Waals surface area contributed by atoms with Gasteiger partial charge in [-0.15, -0.1) is 5.10 Å². The van der Waals surface area contributed by atoms with Gasteiger partial charge in [0.15, 0.2) is 5.82 Å². The Labute approximate surface area is 101 Å². The van der Waals surface area contributed by atoms with Gasteiger partial charge in [0.25, 0.3) is 0 Å². The average molecular weight is 315 g/mol. The fraction of sp³-hybridized carbons (Fsp3) is 0.222. The van der Waals surface area contributed by atoms with E-state index in [9.17, 15) is 0 Å². The lowest BCUT2D eigenvalue weighted by Crippen LogP contribution is -1.95. The predicted molar refractivity (Wildman–Crippen MR) is 66.6 cm³/mol. The Balaban J connectivity index is 2.53. The highest BCUT2D eigenvalue weighted by Gasteiger charge is 2.07. The number of hydrogen-bond donors (Lipinski definition) is 1. The molecule has 1 aromatic carbocycles. The van der Waals surface area contributed by atoms with E-state index < -0.39 is 0 Å². The lowest BCUT2D eigenvalue weighted by atomic mass is 10.1. The molecular formula is C9H10IN5. The van der Waals surface area contributed by atoms with E-state index >= 15 is 0 Å². The Kier molecular flexibility index (Phi) is 2.85. The summed E-state index contributed by atoms with van der Waals surface area (Å²) in [5.41, 5.74) is 3.24. The van der Waals surface area contributed by atoms with Crippen molar-refractivity contribution in [2.75, 3.05) is 3.53 Å². The van der Waals surface area contributed by atoms with Gasteiger partial charge in [-0.2, -0.15) is 0 Å². The molecule has 0 saturated carbocycles. The largest absolute Gasteiger partial charge is 0.328 e. The van der Waals surface area contributed by atoms with Gasteiger partial charge >= 0.3 is 0 Å². The number of tetrazole rings is 1. The van der Waals surface area contributed by atoms with Crippen molar-refractivity contribution in [3.63, 3.8) is 0 Å². The first kappa shape index (κ1) is 10.3. The van der Waals surface area contributed by atoms with Crippen molar-refractivity contribution in [3.8, 4) is 11.4 Å². The number of hydrogen-bond acceptors (Lipinski definition) is 4. The molecule has 6 heteroatoms. The van der Waals surface area contributed by atoms with E-state index in [1.54, 1.807) is 4.68 Å². The smallest absolute Gasteiger partial charge is 0.181 e. The van der Waals surface area contributed by atoms with Crippen LogP contribution in [0.4, 0.5) is 5.69 Å². The zero-order valence-electron chi connectivity index (χ0n) is 8.40. The van der Waals surface area contributed by atoms with E-state index in [4.69, 9.17) is 0 Å². The topological polar surface area (TPSA) is 55.6 Å². The maximum atomic E-state index is 3.97. The number of anilines is 1. The van der Waals surface area contributed by atoms with Crippen molar-refractivity contribution in [1.82, 2.24) is 20.2 Å². The Morgan fingerprint density at radius 2 is 2.13 bits per heavy atom. The Morgan fingerprint density at radius 3 is 2.73 bits per heavy atom. The van der Waals surface area contributed by atoms with E-state index in [0.717, 1.165) is 17.1 Å². The second kappa shape index (κ2) is 4.13. The number of nitrogens with one attached hydrogen (secondary N) is 1.